The van der Waals surface area contributed by atoms with Crippen LogP contribution in [0.3, 0.4) is 0 Å². The SMILES string of the molecule is C=CC(=O)C(=O)C=C. The van der Waals surface area contributed by atoms with Crippen molar-refractivity contribution in [2.75, 3.05) is 0 Å². The van der Waals surface area contributed by atoms with Gasteiger partial charge < -0.3 is 0 Å². The summed E-state index contributed by atoms with van der Waals surface area (Å²) in [7, 11) is 0. The lowest BCUT2D eigenvalue weighted by Gasteiger charge is -1.79. The van der Waals surface area contributed by atoms with Crippen molar-refractivity contribution < 1.29 is 9.59 Å². The number of ketones is 2. The van der Waals surface area contributed by atoms with Crippen LogP contribution in [0.5, 0.6) is 0 Å². The molecule has 0 heterocycles. The molecule has 0 rings (SSSR count). The van der Waals surface area contributed by atoms with Crippen LogP contribution in [-0.4, -0.2) is 11.6 Å². The van der Waals surface area contributed by atoms with Crippen LogP contribution in [-0.2, 0) is 9.59 Å². The summed E-state index contributed by atoms with van der Waals surface area (Å²) >= 11 is 0. The maximum absolute atomic E-state index is 10.2. The van der Waals surface area contributed by atoms with Crippen molar-refractivity contribution in [1.82, 2.24) is 0 Å². The number of hydrogen-bond donors (Lipinski definition) is 0. The zero-order chi connectivity index (χ0) is 6.57. The summed E-state index contributed by atoms with van der Waals surface area (Å²) in [6, 6.07) is 0. The number of carbonyl (C=O) groups is 2. The van der Waals surface area contributed by atoms with Crippen molar-refractivity contribution >= 4 is 11.6 Å². The smallest absolute Gasteiger partial charge is 0.225 e. The van der Waals surface area contributed by atoms with E-state index in [9.17, 15) is 9.59 Å². The highest BCUT2D eigenvalue weighted by Gasteiger charge is 2.01. The van der Waals surface area contributed by atoms with E-state index in [0.717, 1.165) is 12.2 Å². The Morgan fingerprint density at radius 1 is 1.00 bits per heavy atom. The third kappa shape index (κ3) is 1.51. The predicted octanol–water partition coefficient (Wildman–Crippen LogP) is 0.497. The van der Waals surface area contributed by atoms with Gasteiger partial charge in [-0.25, -0.2) is 0 Å². The maximum atomic E-state index is 10.2. The second-order valence-electron chi connectivity index (χ2n) is 1.14. The maximum Gasteiger partial charge on any atom is 0.225 e. The highest BCUT2D eigenvalue weighted by Crippen LogP contribution is 1.76. The molecule has 0 amide bonds. The van der Waals surface area contributed by atoms with Crippen molar-refractivity contribution in [2.24, 2.45) is 0 Å². The van der Waals surface area contributed by atoms with Crippen LogP contribution in [0.2, 0.25) is 0 Å². The molecule has 0 aromatic rings. The van der Waals surface area contributed by atoms with E-state index >= 15 is 0 Å². The molecular formula is C6H6O2. The third-order valence-electron chi connectivity index (χ3n) is 0.614. The molecule has 0 atom stereocenters. The van der Waals surface area contributed by atoms with Crippen molar-refractivity contribution in [3.8, 4) is 0 Å². The third-order valence-corrected chi connectivity index (χ3v) is 0.614. The molecular weight excluding hydrogens is 104 g/mol. The van der Waals surface area contributed by atoms with Gasteiger partial charge in [0.2, 0.25) is 11.6 Å². The first-order chi connectivity index (χ1) is 3.72. The van der Waals surface area contributed by atoms with Crippen molar-refractivity contribution in [3.63, 3.8) is 0 Å². The van der Waals surface area contributed by atoms with E-state index in [-0.39, 0.29) is 0 Å². The van der Waals surface area contributed by atoms with Crippen LogP contribution in [0.1, 0.15) is 0 Å². The Morgan fingerprint density at radius 3 is 1.38 bits per heavy atom. The lowest BCUT2D eigenvalue weighted by atomic mass is 10.2. The molecule has 0 fully saturated rings. The lowest BCUT2D eigenvalue weighted by Crippen LogP contribution is -2.05. The first kappa shape index (κ1) is 6.82. The van der Waals surface area contributed by atoms with E-state index in [1.807, 2.05) is 0 Å². The van der Waals surface area contributed by atoms with Gasteiger partial charge >= 0.3 is 0 Å². The monoisotopic (exact) mass is 110 g/mol. The molecule has 0 N–H and O–H groups in total. The Hall–Kier alpha value is -1.18. The zero-order valence-electron chi connectivity index (χ0n) is 4.39. The van der Waals surface area contributed by atoms with E-state index in [1.54, 1.807) is 0 Å². The van der Waals surface area contributed by atoms with Gasteiger partial charge in [-0.15, -0.1) is 0 Å². The van der Waals surface area contributed by atoms with Crippen molar-refractivity contribution in [3.05, 3.63) is 25.3 Å². The van der Waals surface area contributed by atoms with Crippen LogP contribution < -0.4 is 0 Å². The molecule has 0 radical (unpaired) electrons. The standard InChI is InChI=1S/C6H6O2/c1-3-5(7)6(8)4-2/h3-4H,1-2H2. The van der Waals surface area contributed by atoms with Crippen molar-refractivity contribution in [1.29, 1.82) is 0 Å². The molecule has 0 aromatic heterocycles. The summed E-state index contributed by atoms with van der Waals surface area (Å²) in [6.07, 6.45) is 1.92. The number of carbonyl (C=O) groups excluding carboxylic acids is 2. The summed E-state index contributed by atoms with van der Waals surface area (Å²) in [5.74, 6) is -1.22. The first-order valence-corrected chi connectivity index (χ1v) is 2.05. The molecule has 0 unspecified atom stereocenters. The molecule has 0 aliphatic carbocycles. The molecule has 0 saturated carbocycles. The molecule has 42 valence electrons. The fourth-order valence-electron chi connectivity index (χ4n) is 0.201. The second kappa shape index (κ2) is 2.91. The van der Waals surface area contributed by atoms with Crippen LogP contribution in [0.25, 0.3) is 0 Å². The highest BCUT2D eigenvalue weighted by atomic mass is 16.2. The lowest BCUT2D eigenvalue weighted by molar-refractivity contribution is -0.130. The number of rotatable bonds is 3. The fourth-order valence-corrected chi connectivity index (χ4v) is 0.201. The summed E-state index contributed by atoms with van der Waals surface area (Å²) in [5, 5.41) is 0. The van der Waals surface area contributed by atoms with Gasteiger partial charge in [0.25, 0.3) is 0 Å². The second-order valence-corrected chi connectivity index (χ2v) is 1.14. The molecule has 0 aliphatic heterocycles. The van der Waals surface area contributed by atoms with Gasteiger partial charge in [0, 0.05) is 0 Å². The fraction of sp³-hybridized carbons (Fsp3) is 0. The minimum absolute atomic E-state index is 0.611. The van der Waals surface area contributed by atoms with E-state index in [2.05, 4.69) is 13.2 Å². The summed E-state index contributed by atoms with van der Waals surface area (Å²) in [5.41, 5.74) is 0. The van der Waals surface area contributed by atoms with Gasteiger partial charge in [0.05, 0.1) is 0 Å². The van der Waals surface area contributed by atoms with Crippen molar-refractivity contribution in [2.45, 2.75) is 0 Å². The summed E-state index contributed by atoms with van der Waals surface area (Å²) in [4.78, 5) is 20.4. The van der Waals surface area contributed by atoms with E-state index < -0.39 is 11.6 Å². The van der Waals surface area contributed by atoms with Gasteiger partial charge in [0.1, 0.15) is 0 Å². The molecule has 2 nitrogen and oxygen atoms in total. The van der Waals surface area contributed by atoms with Gasteiger partial charge in [0.15, 0.2) is 0 Å². The average Bonchev–Trinajstić information content (AvgIpc) is 1.84. The average molecular weight is 110 g/mol. The Labute approximate surface area is 47.5 Å². The molecule has 2 heteroatoms. The Bertz CT molecular complexity index is 127. The van der Waals surface area contributed by atoms with Gasteiger partial charge in [-0.3, -0.25) is 9.59 Å². The molecule has 0 spiro atoms. The molecule has 0 aliphatic rings. The Balaban J connectivity index is 4.02. The quantitative estimate of drug-likeness (QED) is 0.391. The molecule has 0 aromatic carbocycles. The van der Waals surface area contributed by atoms with Gasteiger partial charge in [-0.2, -0.15) is 0 Å². The van der Waals surface area contributed by atoms with Crippen LogP contribution in [0.15, 0.2) is 25.3 Å². The largest absolute Gasteiger partial charge is 0.286 e. The molecule has 8 heavy (non-hydrogen) atoms. The topological polar surface area (TPSA) is 34.1 Å². The van der Waals surface area contributed by atoms with Gasteiger partial charge in [-0.05, 0) is 12.2 Å². The normalized spacial score (nSPS) is 7.50. The summed E-state index contributed by atoms with van der Waals surface area (Å²) < 4.78 is 0. The zero-order valence-corrected chi connectivity index (χ0v) is 4.39. The van der Waals surface area contributed by atoms with Crippen LogP contribution >= 0.6 is 0 Å². The number of hydrogen-bond acceptors (Lipinski definition) is 2. The predicted molar refractivity (Wildman–Crippen MR) is 30.4 cm³/mol. The first-order valence-electron chi connectivity index (χ1n) is 2.05. The number of allylic oxidation sites excluding steroid dienone is 2. The minimum Gasteiger partial charge on any atom is -0.286 e. The molecule has 0 saturated heterocycles. The molecule has 0 bridgehead atoms. The summed E-state index contributed by atoms with van der Waals surface area (Å²) in [6.45, 7) is 6.22. The van der Waals surface area contributed by atoms with E-state index in [0.29, 0.717) is 0 Å². The Morgan fingerprint density at radius 2 is 1.25 bits per heavy atom. The highest BCUT2D eigenvalue weighted by molar-refractivity contribution is 6.45. The van der Waals surface area contributed by atoms with Crippen LogP contribution in [0, 0.1) is 0 Å². The van der Waals surface area contributed by atoms with Gasteiger partial charge in [-0.1, -0.05) is 13.2 Å². The minimum atomic E-state index is -0.611. The van der Waals surface area contributed by atoms with Crippen LogP contribution in [0.4, 0.5) is 0 Å². The Kier molecular flexibility index (Phi) is 2.48. The van der Waals surface area contributed by atoms with E-state index in [4.69, 9.17) is 0 Å². The van der Waals surface area contributed by atoms with E-state index in [1.165, 1.54) is 0 Å².